The quantitative estimate of drug-likeness (QED) is 0.732. The van der Waals surface area contributed by atoms with Crippen LogP contribution < -0.4 is 15.4 Å². The van der Waals surface area contributed by atoms with E-state index in [-0.39, 0.29) is 18.1 Å². The maximum absolute atomic E-state index is 12.2. The minimum absolute atomic E-state index is 0.145. The van der Waals surface area contributed by atoms with Gasteiger partial charge in [-0.05, 0) is 26.0 Å². The SMILES string of the molecule is COc1cccc2cc([C@@H](C)NC(=O)N[C@H](C)c3nccs3)oc12. The van der Waals surface area contributed by atoms with E-state index in [4.69, 9.17) is 9.15 Å². The molecule has 0 fully saturated rings. The van der Waals surface area contributed by atoms with Gasteiger partial charge in [0.15, 0.2) is 11.3 Å². The van der Waals surface area contributed by atoms with E-state index in [0.717, 1.165) is 10.4 Å². The summed E-state index contributed by atoms with van der Waals surface area (Å²) in [6.45, 7) is 3.77. The van der Waals surface area contributed by atoms with Crippen LogP contribution in [0.3, 0.4) is 0 Å². The van der Waals surface area contributed by atoms with Gasteiger partial charge in [0.25, 0.3) is 0 Å². The Bertz CT molecular complexity index is 829. The first kappa shape index (κ1) is 16.3. The highest BCUT2D eigenvalue weighted by atomic mass is 32.1. The number of hydrogen-bond acceptors (Lipinski definition) is 5. The summed E-state index contributed by atoms with van der Waals surface area (Å²) in [6, 6.07) is 6.92. The van der Waals surface area contributed by atoms with Crippen molar-refractivity contribution >= 4 is 28.3 Å². The summed E-state index contributed by atoms with van der Waals surface area (Å²) in [4.78, 5) is 16.4. The molecule has 2 amide bonds. The second kappa shape index (κ2) is 6.92. The molecule has 0 radical (unpaired) electrons. The Balaban J connectivity index is 1.68. The number of thiazole rings is 1. The number of carbonyl (C=O) groups is 1. The number of hydrogen-bond donors (Lipinski definition) is 2. The molecule has 2 atom stereocenters. The van der Waals surface area contributed by atoms with Crippen LogP contribution >= 0.6 is 11.3 Å². The van der Waals surface area contributed by atoms with Crippen molar-refractivity contribution in [3.8, 4) is 5.75 Å². The van der Waals surface area contributed by atoms with Crippen LogP contribution in [0.2, 0.25) is 0 Å². The second-order valence-electron chi connectivity index (χ2n) is 5.46. The number of ether oxygens (including phenoxy) is 1. The van der Waals surface area contributed by atoms with Crippen molar-refractivity contribution in [1.82, 2.24) is 15.6 Å². The van der Waals surface area contributed by atoms with Crippen molar-refractivity contribution < 1.29 is 13.9 Å². The van der Waals surface area contributed by atoms with E-state index in [1.54, 1.807) is 13.3 Å². The van der Waals surface area contributed by atoms with E-state index in [2.05, 4.69) is 15.6 Å². The molecule has 2 N–H and O–H groups in total. The Labute approximate surface area is 143 Å². The third-order valence-electron chi connectivity index (χ3n) is 3.69. The highest BCUT2D eigenvalue weighted by Gasteiger charge is 2.18. The minimum atomic E-state index is -0.273. The third kappa shape index (κ3) is 3.35. The van der Waals surface area contributed by atoms with E-state index < -0.39 is 0 Å². The van der Waals surface area contributed by atoms with Crippen LogP contribution in [-0.4, -0.2) is 18.1 Å². The maximum Gasteiger partial charge on any atom is 0.315 e. The van der Waals surface area contributed by atoms with Crippen molar-refractivity contribution in [2.75, 3.05) is 7.11 Å². The van der Waals surface area contributed by atoms with Gasteiger partial charge < -0.3 is 19.8 Å². The van der Waals surface area contributed by atoms with E-state index in [1.807, 2.05) is 43.5 Å². The molecular weight excluding hydrogens is 326 g/mol. The van der Waals surface area contributed by atoms with Crippen molar-refractivity contribution in [2.24, 2.45) is 0 Å². The molecule has 0 saturated heterocycles. The first-order valence-electron chi connectivity index (χ1n) is 7.61. The Morgan fingerprint density at radius 3 is 2.79 bits per heavy atom. The molecular formula is C17H19N3O3S. The minimum Gasteiger partial charge on any atom is -0.493 e. The molecule has 7 heteroatoms. The van der Waals surface area contributed by atoms with Crippen LogP contribution in [0.1, 0.15) is 36.7 Å². The van der Waals surface area contributed by atoms with Crippen molar-refractivity contribution in [2.45, 2.75) is 25.9 Å². The third-order valence-corrected chi connectivity index (χ3v) is 4.65. The second-order valence-corrected chi connectivity index (χ2v) is 6.39. The molecule has 0 aliphatic rings. The highest BCUT2D eigenvalue weighted by molar-refractivity contribution is 7.09. The normalized spacial score (nSPS) is 13.5. The van der Waals surface area contributed by atoms with Gasteiger partial charge >= 0.3 is 6.03 Å². The molecule has 6 nitrogen and oxygen atoms in total. The molecule has 0 bridgehead atoms. The fourth-order valence-corrected chi connectivity index (χ4v) is 3.09. The number of methoxy groups -OCH3 is 1. The van der Waals surface area contributed by atoms with Gasteiger partial charge in [0, 0.05) is 17.0 Å². The van der Waals surface area contributed by atoms with Crippen LogP contribution in [0.4, 0.5) is 4.79 Å². The predicted molar refractivity (Wildman–Crippen MR) is 93.4 cm³/mol. The van der Waals surface area contributed by atoms with Gasteiger partial charge in [-0.25, -0.2) is 9.78 Å². The van der Waals surface area contributed by atoms with Gasteiger partial charge in [0.1, 0.15) is 10.8 Å². The summed E-state index contributed by atoms with van der Waals surface area (Å²) < 4.78 is 11.1. The van der Waals surface area contributed by atoms with Crippen LogP contribution in [0.15, 0.2) is 40.3 Å². The number of benzene rings is 1. The van der Waals surface area contributed by atoms with Crippen molar-refractivity contribution in [3.63, 3.8) is 0 Å². The summed E-state index contributed by atoms with van der Waals surface area (Å²) >= 11 is 1.51. The average molecular weight is 345 g/mol. The van der Waals surface area contributed by atoms with E-state index in [9.17, 15) is 4.79 Å². The molecule has 0 spiro atoms. The lowest BCUT2D eigenvalue weighted by Crippen LogP contribution is -2.38. The number of urea groups is 1. The monoisotopic (exact) mass is 345 g/mol. The number of fused-ring (bicyclic) bond motifs is 1. The van der Waals surface area contributed by atoms with Gasteiger partial charge in [-0.3, -0.25) is 0 Å². The van der Waals surface area contributed by atoms with Crippen LogP contribution in [0, 0.1) is 0 Å². The molecule has 126 valence electrons. The van der Waals surface area contributed by atoms with Crippen molar-refractivity contribution in [3.05, 3.63) is 46.6 Å². The zero-order chi connectivity index (χ0) is 17.1. The number of nitrogens with one attached hydrogen (secondary N) is 2. The number of nitrogens with zero attached hydrogens (tertiary/aromatic N) is 1. The molecule has 3 aromatic rings. The lowest BCUT2D eigenvalue weighted by Gasteiger charge is -2.15. The number of amides is 2. The van der Waals surface area contributed by atoms with Gasteiger partial charge in [-0.2, -0.15) is 0 Å². The van der Waals surface area contributed by atoms with Crippen LogP contribution in [0.25, 0.3) is 11.0 Å². The van der Waals surface area contributed by atoms with Crippen LogP contribution in [-0.2, 0) is 0 Å². The van der Waals surface area contributed by atoms with Crippen LogP contribution in [0.5, 0.6) is 5.75 Å². The number of carbonyl (C=O) groups excluding carboxylic acids is 1. The molecule has 24 heavy (non-hydrogen) atoms. The summed E-state index contributed by atoms with van der Waals surface area (Å²) in [7, 11) is 1.60. The zero-order valence-corrected chi connectivity index (χ0v) is 14.5. The molecule has 0 aliphatic heterocycles. The fraction of sp³-hybridized carbons (Fsp3) is 0.294. The molecule has 1 aromatic carbocycles. The van der Waals surface area contributed by atoms with Gasteiger partial charge in [0.05, 0.1) is 19.2 Å². The topological polar surface area (TPSA) is 76.4 Å². The van der Waals surface area contributed by atoms with E-state index in [1.165, 1.54) is 11.3 Å². The number of para-hydroxylation sites is 1. The predicted octanol–water partition coefficient (Wildman–Crippen LogP) is 4.02. The number of aromatic nitrogens is 1. The first-order chi connectivity index (χ1) is 11.6. The van der Waals surface area contributed by atoms with Gasteiger partial charge in [-0.1, -0.05) is 12.1 Å². The standard InChI is InChI=1S/C17H19N3O3S/c1-10(19-17(21)20-11(2)16-18-7-8-24-16)14-9-12-5-4-6-13(22-3)15(12)23-14/h4-11H,1-3H3,(H2,19,20,21)/t10-,11-/m1/s1. The largest absolute Gasteiger partial charge is 0.493 e. The Morgan fingerprint density at radius 1 is 1.29 bits per heavy atom. The molecule has 2 aromatic heterocycles. The van der Waals surface area contributed by atoms with E-state index >= 15 is 0 Å². The Hall–Kier alpha value is -2.54. The van der Waals surface area contributed by atoms with Gasteiger partial charge in [0.2, 0.25) is 0 Å². The van der Waals surface area contributed by atoms with Crippen molar-refractivity contribution in [1.29, 1.82) is 0 Å². The summed E-state index contributed by atoms with van der Waals surface area (Å²) in [5.41, 5.74) is 0.681. The average Bonchev–Trinajstić information content (AvgIpc) is 3.23. The van der Waals surface area contributed by atoms with E-state index in [0.29, 0.717) is 17.1 Å². The maximum atomic E-state index is 12.2. The summed E-state index contributed by atoms with van der Waals surface area (Å²) in [5, 5.41) is 9.44. The first-order valence-corrected chi connectivity index (χ1v) is 8.49. The molecule has 2 heterocycles. The highest BCUT2D eigenvalue weighted by Crippen LogP contribution is 2.30. The Kier molecular flexibility index (Phi) is 4.71. The summed E-state index contributed by atoms with van der Waals surface area (Å²) in [6.07, 6.45) is 1.72. The lowest BCUT2D eigenvalue weighted by atomic mass is 10.2. The molecule has 0 saturated carbocycles. The Morgan fingerprint density at radius 2 is 2.08 bits per heavy atom. The zero-order valence-electron chi connectivity index (χ0n) is 13.7. The van der Waals surface area contributed by atoms with Gasteiger partial charge in [-0.15, -0.1) is 11.3 Å². The molecule has 3 rings (SSSR count). The fourth-order valence-electron chi connectivity index (χ4n) is 2.45. The summed E-state index contributed by atoms with van der Waals surface area (Å²) in [5.74, 6) is 1.35. The number of furan rings is 1. The molecule has 0 aliphatic carbocycles. The lowest BCUT2D eigenvalue weighted by molar-refractivity contribution is 0.233. The smallest absolute Gasteiger partial charge is 0.315 e. The molecule has 0 unspecified atom stereocenters. The number of rotatable bonds is 5.